The molecular formula is C47H33IrN3O-2. The normalized spacial score (nSPS) is 15.3. The molecule has 0 aliphatic carbocycles. The summed E-state index contributed by atoms with van der Waals surface area (Å²) in [5.74, 6) is 0. The van der Waals surface area contributed by atoms with Crippen LogP contribution >= 0.6 is 0 Å². The zero-order valence-electron chi connectivity index (χ0n) is 39.2. The van der Waals surface area contributed by atoms with Gasteiger partial charge in [0.1, 0.15) is 5.58 Å². The number of rotatable bonds is 3. The van der Waals surface area contributed by atoms with E-state index in [1.54, 1.807) is 24.3 Å². The number of hydrogen-bond acceptors (Lipinski definition) is 4. The first-order valence-corrected chi connectivity index (χ1v) is 15.9. The molecule has 6 aromatic carbocycles. The summed E-state index contributed by atoms with van der Waals surface area (Å²) in [4.78, 5) is 8.57. The van der Waals surface area contributed by atoms with E-state index in [2.05, 4.69) is 52.4 Å². The minimum Gasteiger partial charge on any atom is -0.501 e. The van der Waals surface area contributed by atoms with Crippen molar-refractivity contribution in [1.29, 1.82) is 5.26 Å². The molecule has 0 atom stereocenters. The predicted octanol–water partition coefficient (Wildman–Crippen LogP) is 12.1. The van der Waals surface area contributed by atoms with Crippen LogP contribution in [0.2, 0.25) is 0 Å². The molecule has 1 radical (unpaired) electrons. The van der Waals surface area contributed by atoms with Gasteiger partial charge in [0.25, 0.3) is 0 Å². The molecule has 0 unspecified atom stereocenters. The van der Waals surface area contributed by atoms with Gasteiger partial charge in [-0.05, 0) is 106 Å². The van der Waals surface area contributed by atoms with Gasteiger partial charge < -0.3 is 14.4 Å². The van der Waals surface area contributed by atoms with Gasteiger partial charge >= 0.3 is 0 Å². The Hall–Kier alpha value is -5.92. The Kier molecular flexibility index (Phi) is 6.30. The number of aromatic nitrogens is 2. The first-order valence-electron chi connectivity index (χ1n) is 21.9. The Morgan fingerprint density at radius 2 is 1.50 bits per heavy atom. The zero-order chi connectivity index (χ0) is 45.1. The number of furan rings is 1. The molecule has 253 valence electrons. The summed E-state index contributed by atoms with van der Waals surface area (Å²) in [6.45, 7) is -9.50. The topological polar surface area (TPSA) is 62.7 Å². The van der Waals surface area contributed by atoms with Crippen molar-refractivity contribution in [2.75, 3.05) is 0 Å². The van der Waals surface area contributed by atoms with Crippen LogP contribution in [-0.4, -0.2) is 9.97 Å². The summed E-state index contributed by atoms with van der Waals surface area (Å²) < 4.78 is 98.8. The molecule has 0 aliphatic heterocycles. The van der Waals surface area contributed by atoms with E-state index in [4.69, 9.17) is 20.9 Å². The Labute approximate surface area is 333 Å². The summed E-state index contributed by atoms with van der Waals surface area (Å²) in [7, 11) is 0. The monoisotopic (exact) mass is 860 g/mol. The predicted molar refractivity (Wildman–Crippen MR) is 208 cm³/mol. The number of nitrogens with zero attached hydrogens (tertiary/aromatic N) is 3. The van der Waals surface area contributed by atoms with Crippen LogP contribution in [0.15, 0.2) is 132 Å². The summed E-state index contributed by atoms with van der Waals surface area (Å²) in [6, 6.07) is 41.6. The quantitative estimate of drug-likeness (QED) is 0.131. The van der Waals surface area contributed by atoms with Crippen molar-refractivity contribution >= 4 is 43.5 Å². The van der Waals surface area contributed by atoms with Crippen LogP contribution in [-0.2, 0) is 20.1 Å². The number of pyridine rings is 2. The van der Waals surface area contributed by atoms with Gasteiger partial charge in [0.15, 0.2) is 0 Å². The van der Waals surface area contributed by atoms with Gasteiger partial charge in [-0.3, -0.25) is 0 Å². The van der Waals surface area contributed by atoms with Crippen molar-refractivity contribution in [2.45, 2.75) is 27.4 Å². The van der Waals surface area contributed by atoms with Gasteiger partial charge in [0.2, 0.25) is 0 Å². The number of hydrogen-bond donors (Lipinski definition) is 0. The standard InChI is InChI=1S/C34H21N2O.C13H12N.Ir/c1-20-14-22(18-35)10-13-25(20)29-16-32(36-19-21(29)2)28-9-5-8-27-31-15-24-12-11-23-6-3-4-7-26(23)30(24)17-33(31)37-34(27)28;1-10-3-6-12(7-4-10)13-8-5-11(2)9-14-13;/h3-8,10-17,19H,1-2H3;3-6,8-9H,1-2H3;/q2*-1;/i2*1D3,2D3;. The van der Waals surface area contributed by atoms with Crippen molar-refractivity contribution in [1.82, 2.24) is 9.97 Å². The van der Waals surface area contributed by atoms with Gasteiger partial charge in [0.05, 0.1) is 17.2 Å². The Bertz CT molecular complexity index is 3180. The number of benzene rings is 6. The Morgan fingerprint density at radius 1 is 0.654 bits per heavy atom. The molecule has 5 heteroatoms. The molecule has 0 N–H and O–H groups in total. The third-order valence-corrected chi connectivity index (χ3v) is 8.75. The minimum absolute atomic E-state index is 0. The van der Waals surface area contributed by atoms with E-state index in [0.29, 0.717) is 33.7 Å². The van der Waals surface area contributed by atoms with Gasteiger partial charge in [-0.1, -0.05) is 78.5 Å². The zero-order valence-corrected chi connectivity index (χ0v) is 29.6. The molecule has 0 amide bonds. The first kappa shape index (κ1) is 22.8. The van der Waals surface area contributed by atoms with Crippen molar-refractivity contribution in [3.05, 3.63) is 168 Å². The number of fused-ring (bicyclic) bond motifs is 6. The minimum atomic E-state index is -2.59. The maximum atomic E-state index is 9.39. The first-order chi connectivity index (χ1) is 29.7. The molecule has 9 rings (SSSR count). The molecule has 9 aromatic rings. The molecule has 0 spiro atoms. The van der Waals surface area contributed by atoms with Crippen molar-refractivity contribution in [3.63, 3.8) is 0 Å². The van der Waals surface area contributed by atoms with Gasteiger partial charge in [0, 0.05) is 54.3 Å². The Morgan fingerprint density at radius 3 is 2.29 bits per heavy atom. The van der Waals surface area contributed by atoms with Crippen LogP contribution in [0.25, 0.3) is 77.1 Å². The van der Waals surface area contributed by atoms with Crippen LogP contribution < -0.4 is 0 Å². The van der Waals surface area contributed by atoms with Crippen LogP contribution in [0, 0.1) is 50.9 Å². The second-order valence-electron chi connectivity index (χ2n) is 12.0. The second-order valence-corrected chi connectivity index (χ2v) is 12.0. The molecule has 0 saturated heterocycles. The average Bonchev–Trinajstić information content (AvgIpc) is 3.62. The van der Waals surface area contributed by atoms with E-state index in [-0.39, 0.29) is 59.0 Å². The molecule has 0 bridgehead atoms. The second kappa shape index (κ2) is 14.4. The van der Waals surface area contributed by atoms with Crippen LogP contribution in [0.5, 0.6) is 0 Å². The Balaban J connectivity index is 0.000000246. The molecular weight excluding hydrogens is 815 g/mol. The average molecular weight is 860 g/mol. The summed E-state index contributed by atoms with van der Waals surface area (Å²) in [6.07, 6.45) is 2.56. The fourth-order valence-electron chi connectivity index (χ4n) is 6.23. The summed E-state index contributed by atoms with van der Waals surface area (Å²) >= 11 is 0. The van der Waals surface area contributed by atoms with E-state index in [0.717, 1.165) is 32.3 Å². The van der Waals surface area contributed by atoms with Crippen LogP contribution in [0.1, 0.15) is 44.3 Å². The third kappa shape index (κ3) is 6.51. The maximum Gasteiger partial charge on any atom is 0.121 e. The largest absolute Gasteiger partial charge is 0.501 e. The summed E-state index contributed by atoms with van der Waals surface area (Å²) in [5, 5.41) is 15.5. The molecule has 3 heterocycles. The van der Waals surface area contributed by atoms with E-state index in [1.165, 1.54) is 48.8 Å². The van der Waals surface area contributed by atoms with Crippen molar-refractivity contribution in [2.24, 2.45) is 0 Å². The van der Waals surface area contributed by atoms with Crippen LogP contribution in [0.4, 0.5) is 0 Å². The molecule has 0 aliphatic rings. The molecule has 0 saturated carbocycles. The van der Waals surface area contributed by atoms with Gasteiger partial charge in [-0.25, -0.2) is 0 Å². The number of nitriles is 1. The van der Waals surface area contributed by atoms with Crippen molar-refractivity contribution in [3.8, 4) is 39.7 Å². The number of aryl methyl sites for hydroxylation is 4. The van der Waals surface area contributed by atoms with Gasteiger partial charge in [-0.2, -0.15) is 5.26 Å². The molecule has 3 aromatic heterocycles. The fraction of sp³-hybridized carbons (Fsp3) is 0.0851. The maximum absolute atomic E-state index is 9.39. The molecule has 4 nitrogen and oxygen atoms in total. The van der Waals surface area contributed by atoms with Crippen molar-refractivity contribution < 1.29 is 41.0 Å². The fourth-order valence-corrected chi connectivity index (χ4v) is 6.23. The van der Waals surface area contributed by atoms with E-state index < -0.39 is 27.4 Å². The van der Waals surface area contributed by atoms with Crippen LogP contribution in [0.3, 0.4) is 0 Å². The molecule has 52 heavy (non-hydrogen) atoms. The van der Waals surface area contributed by atoms with E-state index in [1.807, 2.05) is 30.3 Å². The molecule has 0 fully saturated rings. The van der Waals surface area contributed by atoms with E-state index in [9.17, 15) is 5.26 Å². The smallest absolute Gasteiger partial charge is 0.121 e. The third-order valence-electron chi connectivity index (χ3n) is 8.75. The summed E-state index contributed by atoms with van der Waals surface area (Å²) in [5.41, 5.74) is 4.02. The van der Waals surface area contributed by atoms with E-state index >= 15 is 0 Å². The van der Waals surface area contributed by atoms with Gasteiger partial charge in [-0.15, -0.1) is 53.6 Å². The SMILES string of the molecule is [2H]C([2H])([2H])c1c[c-]c(-c2ccc(C([2H])([2H])[2H])cn2)cc1.[2H]C([2H])([2H])c1cnc(-c2[c-]ccc3c2oc2cc4c(ccc5ccccc54)cc23)cc1-c1ccc(C#N)cc1C([2H])([2H])[2H].[Ir].